The van der Waals surface area contributed by atoms with Crippen molar-refractivity contribution in [1.29, 1.82) is 0 Å². The molecule has 1 aromatic carbocycles. The summed E-state index contributed by atoms with van der Waals surface area (Å²) >= 11 is 5.06. The molecule has 0 unspecified atom stereocenters. The highest BCUT2D eigenvalue weighted by Gasteiger charge is 2.35. The molecule has 1 amide bonds. The number of amides is 1. The van der Waals surface area contributed by atoms with Gasteiger partial charge in [-0.2, -0.15) is 0 Å². The zero-order valence-electron chi connectivity index (χ0n) is 11.3. The fourth-order valence-electron chi connectivity index (χ4n) is 2.36. The average molecular weight is 294 g/mol. The Morgan fingerprint density at radius 2 is 1.80 bits per heavy atom. The van der Waals surface area contributed by atoms with Gasteiger partial charge in [0.05, 0.1) is 4.99 Å². The predicted octanol–water partition coefficient (Wildman–Crippen LogP) is 1.63. The molecule has 6 heteroatoms. The monoisotopic (exact) mass is 294 g/mol. The number of nitrogens with two attached hydrogens (primary N) is 1. The van der Waals surface area contributed by atoms with Crippen LogP contribution in [0.3, 0.4) is 0 Å². The Hall–Kier alpha value is -1.82. The minimum absolute atomic E-state index is 0.0496. The van der Waals surface area contributed by atoms with Gasteiger partial charge in [0, 0.05) is 18.5 Å². The third-order valence-electron chi connectivity index (χ3n) is 3.98. The van der Waals surface area contributed by atoms with E-state index in [2.05, 4.69) is 0 Å². The van der Waals surface area contributed by atoms with Crippen LogP contribution in [0.15, 0.2) is 18.2 Å². The van der Waals surface area contributed by atoms with E-state index in [4.69, 9.17) is 18.0 Å². The maximum absolute atomic E-state index is 12.4. The van der Waals surface area contributed by atoms with Crippen LogP contribution in [0.5, 0.6) is 11.5 Å². The Morgan fingerprint density at radius 3 is 2.25 bits per heavy atom. The highest BCUT2D eigenvalue weighted by molar-refractivity contribution is 7.80. The van der Waals surface area contributed by atoms with Gasteiger partial charge in [-0.25, -0.2) is 0 Å². The summed E-state index contributed by atoms with van der Waals surface area (Å²) in [5.41, 5.74) is 5.45. The van der Waals surface area contributed by atoms with Crippen molar-refractivity contribution in [3.05, 3.63) is 23.8 Å². The second-order valence-corrected chi connectivity index (χ2v) is 5.83. The van der Waals surface area contributed by atoms with Crippen molar-refractivity contribution < 1.29 is 15.0 Å². The van der Waals surface area contributed by atoms with Crippen LogP contribution in [0.1, 0.15) is 30.1 Å². The SMILES string of the molecule is CC1(C(N)=S)CCN(C(=O)c2c(O)cccc2O)CC1. The standard InChI is InChI=1S/C14H18N2O3S/c1-14(13(15)20)5-7-16(8-6-14)12(19)11-9(17)3-2-4-10(11)18/h2-4,17-18H,5-8H2,1H3,(H2,15,20). The molecule has 0 aliphatic carbocycles. The first-order valence-corrected chi connectivity index (χ1v) is 6.86. The summed E-state index contributed by atoms with van der Waals surface area (Å²) in [5.74, 6) is -0.791. The quantitative estimate of drug-likeness (QED) is 0.722. The Balaban J connectivity index is 2.15. The maximum Gasteiger partial charge on any atom is 0.261 e. The van der Waals surface area contributed by atoms with E-state index in [0.717, 1.165) is 0 Å². The summed E-state index contributed by atoms with van der Waals surface area (Å²) in [6, 6.07) is 4.26. The Labute approximate surface area is 123 Å². The molecule has 0 bridgehead atoms. The molecule has 1 fully saturated rings. The molecule has 0 saturated carbocycles. The van der Waals surface area contributed by atoms with E-state index in [-0.39, 0.29) is 28.4 Å². The molecule has 1 aromatic rings. The van der Waals surface area contributed by atoms with E-state index in [1.54, 1.807) is 4.90 Å². The van der Waals surface area contributed by atoms with Gasteiger partial charge in [0.15, 0.2) is 0 Å². The number of phenolic OH excluding ortho intramolecular Hbond substituents is 2. The number of phenols is 2. The van der Waals surface area contributed by atoms with E-state index < -0.39 is 0 Å². The van der Waals surface area contributed by atoms with Crippen LogP contribution in [0, 0.1) is 5.41 Å². The normalized spacial score (nSPS) is 17.8. The molecule has 1 heterocycles. The summed E-state index contributed by atoms with van der Waals surface area (Å²) in [6.45, 7) is 3.00. The van der Waals surface area contributed by atoms with Crippen LogP contribution >= 0.6 is 12.2 Å². The van der Waals surface area contributed by atoms with Crippen molar-refractivity contribution in [3.8, 4) is 11.5 Å². The molecular weight excluding hydrogens is 276 g/mol. The summed E-state index contributed by atoms with van der Waals surface area (Å²) in [7, 11) is 0. The molecule has 0 aromatic heterocycles. The van der Waals surface area contributed by atoms with Crippen LogP contribution in [0.25, 0.3) is 0 Å². The molecule has 2 rings (SSSR count). The summed E-state index contributed by atoms with van der Waals surface area (Å²) < 4.78 is 0. The third kappa shape index (κ3) is 2.56. The number of aromatic hydroxyl groups is 2. The van der Waals surface area contributed by atoms with Gasteiger partial charge in [-0.3, -0.25) is 4.79 Å². The lowest BCUT2D eigenvalue weighted by Gasteiger charge is -2.38. The molecular formula is C14H18N2O3S. The van der Waals surface area contributed by atoms with Crippen LogP contribution in [-0.2, 0) is 0 Å². The largest absolute Gasteiger partial charge is 0.507 e. The van der Waals surface area contributed by atoms with Gasteiger partial charge in [0.2, 0.25) is 0 Å². The number of piperidine rings is 1. The second-order valence-electron chi connectivity index (χ2n) is 5.39. The predicted molar refractivity (Wildman–Crippen MR) is 79.8 cm³/mol. The molecule has 0 spiro atoms. The fourth-order valence-corrected chi connectivity index (χ4v) is 2.56. The lowest BCUT2D eigenvalue weighted by atomic mass is 9.80. The molecule has 4 N–H and O–H groups in total. The number of likely N-dealkylation sites (tertiary alicyclic amines) is 1. The molecule has 1 aliphatic heterocycles. The molecule has 1 saturated heterocycles. The number of benzene rings is 1. The maximum atomic E-state index is 12.4. The summed E-state index contributed by atoms with van der Waals surface area (Å²) in [4.78, 5) is 14.4. The first kappa shape index (κ1) is 14.6. The first-order valence-electron chi connectivity index (χ1n) is 6.45. The third-order valence-corrected chi connectivity index (χ3v) is 4.48. The van der Waals surface area contributed by atoms with Crippen molar-refractivity contribution in [2.45, 2.75) is 19.8 Å². The number of carbonyl (C=O) groups excluding carboxylic acids is 1. The van der Waals surface area contributed by atoms with Crippen LogP contribution in [-0.4, -0.2) is 39.1 Å². The van der Waals surface area contributed by atoms with Crippen LogP contribution in [0.4, 0.5) is 0 Å². The van der Waals surface area contributed by atoms with Gasteiger partial charge in [-0.15, -0.1) is 0 Å². The summed E-state index contributed by atoms with van der Waals surface area (Å²) in [5, 5.41) is 19.5. The second kappa shape index (κ2) is 5.28. The van der Waals surface area contributed by atoms with Gasteiger partial charge in [0.25, 0.3) is 5.91 Å². The van der Waals surface area contributed by atoms with Crippen molar-refractivity contribution in [3.63, 3.8) is 0 Å². The van der Waals surface area contributed by atoms with Gasteiger partial charge >= 0.3 is 0 Å². The lowest BCUT2D eigenvalue weighted by Crippen LogP contribution is -2.46. The zero-order valence-corrected chi connectivity index (χ0v) is 12.1. The van der Waals surface area contributed by atoms with Gasteiger partial charge in [0.1, 0.15) is 17.1 Å². The van der Waals surface area contributed by atoms with Crippen LogP contribution in [0.2, 0.25) is 0 Å². The van der Waals surface area contributed by atoms with Crippen molar-refractivity contribution in [1.82, 2.24) is 4.90 Å². The number of hydrogen-bond acceptors (Lipinski definition) is 4. The molecule has 1 aliphatic rings. The number of rotatable bonds is 2. The lowest BCUT2D eigenvalue weighted by molar-refractivity contribution is 0.0664. The minimum atomic E-state index is -0.370. The summed E-state index contributed by atoms with van der Waals surface area (Å²) in [6.07, 6.45) is 1.37. The first-order chi connectivity index (χ1) is 9.35. The van der Waals surface area contributed by atoms with Crippen molar-refractivity contribution >= 4 is 23.1 Å². The molecule has 20 heavy (non-hydrogen) atoms. The van der Waals surface area contributed by atoms with Crippen LogP contribution < -0.4 is 5.73 Å². The van der Waals surface area contributed by atoms with Gasteiger partial charge in [-0.1, -0.05) is 25.2 Å². The zero-order chi connectivity index (χ0) is 14.9. The fraction of sp³-hybridized carbons (Fsp3) is 0.429. The topological polar surface area (TPSA) is 86.8 Å². The average Bonchev–Trinajstić information content (AvgIpc) is 2.39. The Bertz CT molecular complexity index is 531. The van der Waals surface area contributed by atoms with E-state index in [1.807, 2.05) is 6.92 Å². The Morgan fingerprint density at radius 1 is 1.30 bits per heavy atom. The van der Waals surface area contributed by atoms with E-state index in [0.29, 0.717) is 30.9 Å². The number of carbonyl (C=O) groups is 1. The molecule has 108 valence electrons. The molecule has 0 radical (unpaired) electrons. The number of nitrogens with zero attached hydrogens (tertiary/aromatic N) is 1. The molecule has 0 atom stereocenters. The van der Waals surface area contributed by atoms with Crippen molar-refractivity contribution in [2.24, 2.45) is 11.1 Å². The minimum Gasteiger partial charge on any atom is -0.507 e. The van der Waals surface area contributed by atoms with Gasteiger partial charge < -0.3 is 20.8 Å². The molecule has 5 nitrogen and oxygen atoms in total. The van der Waals surface area contributed by atoms with E-state index in [9.17, 15) is 15.0 Å². The highest BCUT2D eigenvalue weighted by atomic mass is 32.1. The Kier molecular flexibility index (Phi) is 3.85. The number of hydrogen-bond donors (Lipinski definition) is 3. The van der Waals surface area contributed by atoms with E-state index in [1.165, 1.54) is 18.2 Å². The smallest absolute Gasteiger partial charge is 0.261 e. The van der Waals surface area contributed by atoms with Crippen molar-refractivity contribution in [2.75, 3.05) is 13.1 Å². The van der Waals surface area contributed by atoms with Gasteiger partial charge in [-0.05, 0) is 25.0 Å². The number of thiocarbonyl (C=S) groups is 1. The van der Waals surface area contributed by atoms with E-state index >= 15 is 0 Å². The highest BCUT2D eigenvalue weighted by Crippen LogP contribution is 2.34.